The van der Waals surface area contributed by atoms with Crippen molar-refractivity contribution in [2.45, 2.75) is 38.4 Å². The van der Waals surface area contributed by atoms with Gasteiger partial charge in [0.15, 0.2) is 0 Å². The molecule has 174 valence electrons. The maximum absolute atomic E-state index is 13.6. The Bertz CT molecular complexity index is 1310. The van der Waals surface area contributed by atoms with Gasteiger partial charge in [0.1, 0.15) is 11.5 Å². The molecule has 0 spiro atoms. The van der Waals surface area contributed by atoms with E-state index in [0.29, 0.717) is 30.9 Å². The predicted octanol–water partition coefficient (Wildman–Crippen LogP) is 3.14. The van der Waals surface area contributed by atoms with E-state index in [1.807, 2.05) is 13.0 Å². The average molecular weight is 462 g/mol. The van der Waals surface area contributed by atoms with E-state index in [1.165, 1.54) is 12.1 Å². The highest BCUT2D eigenvalue weighted by Gasteiger charge is 2.37. The number of anilines is 1. The molecule has 10 nitrogen and oxygen atoms in total. The Kier molecular flexibility index (Phi) is 5.28. The van der Waals surface area contributed by atoms with Crippen LogP contribution in [0.2, 0.25) is 0 Å². The average Bonchev–Trinajstić information content (AvgIpc) is 3.44. The number of carbonyl (C=O) groups is 2. The van der Waals surface area contributed by atoms with Gasteiger partial charge in [0.2, 0.25) is 5.69 Å². The Morgan fingerprint density at radius 3 is 2.88 bits per heavy atom. The number of aromatic nitrogens is 4. The number of hydrogen-bond acceptors (Lipinski definition) is 4. The molecule has 0 aliphatic carbocycles. The Morgan fingerprint density at radius 2 is 2.15 bits per heavy atom. The smallest absolute Gasteiger partial charge is 0.322 e. The summed E-state index contributed by atoms with van der Waals surface area (Å²) in [5.41, 5.74) is 3.18. The number of H-pyrrole nitrogens is 1. The number of benzene rings is 1. The quantitative estimate of drug-likeness (QED) is 0.571. The van der Waals surface area contributed by atoms with E-state index in [4.69, 9.17) is 11.7 Å². The third-order valence-electron chi connectivity index (χ3n) is 6.46. The summed E-state index contributed by atoms with van der Waals surface area (Å²) in [7, 11) is 1.76. The van der Waals surface area contributed by atoms with Crippen LogP contribution in [0.5, 0.6) is 0 Å². The van der Waals surface area contributed by atoms with Crippen LogP contribution in [0.25, 0.3) is 4.85 Å². The van der Waals surface area contributed by atoms with Crippen LogP contribution < -0.4 is 5.32 Å². The Labute approximate surface area is 195 Å². The summed E-state index contributed by atoms with van der Waals surface area (Å²) in [6.45, 7) is 10.3. The van der Waals surface area contributed by atoms with E-state index in [-0.39, 0.29) is 36.1 Å². The lowest BCUT2D eigenvalue weighted by Crippen LogP contribution is -2.45. The first-order chi connectivity index (χ1) is 16.4. The van der Waals surface area contributed by atoms with Crippen LogP contribution in [0.3, 0.4) is 0 Å². The van der Waals surface area contributed by atoms with Gasteiger partial charge < -0.3 is 15.1 Å². The van der Waals surface area contributed by atoms with Crippen molar-refractivity contribution in [1.82, 2.24) is 29.8 Å². The first kappa shape index (κ1) is 21.6. The van der Waals surface area contributed by atoms with E-state index in [9.17, 15) is 14.0 Å². The van der Waals surface area contributed by atoms with Crippen molar-refractivity contribution < 1.29 is 14.0 Å². The van der Waals surface area contributed by atoms with Crippen LogP contribution in [0.15, 0.2) is 30.5 Å². The topological polar surface area (TPSA) is 104 Å². The molecule has 2 aromatic heterocycles. The molecule has 2 aliphatic heterocycles. The van der Waals surface area contributed by atoms with Crippen LogP contribution in [0.4, 0.5) is 20.6 Å². The Hall–Kier alpha value is -4.20. The normalized spacial score (nSPS) is 19.8. The summed E-state index contributed by atoms with van der Waals surface area (Å²) in [6.07, 6.45) is 2.20. The van der Waals surface area contributed by atoms with Crippen LogP contribution in [0.1, 0.15) is 40.3 Å². The van der Waals surface area contributed by atoms with Gasteiger partial charge in [0, 0.05) is 55.1 Å². The van der Waals surface area contributed by atoms with Gasteiger partial charge in [-0.3, -0.25) is 14.6 Å². The number of amides is 3. The monoisotopic (exact) mass is 462 g/mol. The van der Waals surface area contributed by atoms with Gasteiger partial charge in [-0.05, 0) is 31.2 Å². The molecule has 2 atom stereocenters. The molecule has 0 unspecified atom stereocenters. The molecule has 0 saturated carbocycles. The van der Waals surface area contributed by atoms with Crippen molar-refractivity contribution in [2.75, 3.05) is 18.9 Å². The molecule has 0 bridgehead atoms. The molecule has 2 aliphatic rings. The van der Waals surface area contributed by atoms with E-state index >= 15 is 0 Å². The molecule has 3 amide bonds. The van der Waals surface area contributed by atoms with E-state index in [0.717, 1.165) is 23.0 Å². The second-order valence-corrected chi connectivity index (χ2v) is 8.74. The number of fused-ring (bicyclic) bond motifs is 3. The molecule has 0 saturated heterocycles. The lowest BCUT2D eigenvalue weighted by molar-refractivity contribution is 0.0787. The zero-order chi connectivity index (χ0) is 24.0. The summed E-state index contributed by atoms with van der Waals surface area (Å²) in [5.74, 6) is -0.750. The van der Waals surface area contributed by atoms with Gasteiger partial charge in [-0.2, -0.15) is 10.2 Å². The largest absolute Gasteiger partial charge is 0.340 e. The summed E-state index contributed by atoms with van der Waals surface area (Å²) >= 11 is 0. The van der Waals surface area contributed by atoms with Gasteiger partial charge in [-0.15, -0.1) is 0 Å². The molecular formula is C23H23FN8O2. The Morgan fingerprint density at radius 1 is 1.32 bits per heavy atom. The van der Waals surface area contributed by atoms with Crippen LogP contribution in [0, 0.1) is 12.4 Å². The van der Waals surface area contributed by atoms with Crippen molar-refractivity contribution in [1.29, 1.82) is 0 Å². The number of carbonyl (C=O) groups excluding carboxylic acids is 2. The molecule has 0 fully saturated rings. The zero-order valence-electron chi connectivity index (χ0n) is 18.7. The molecule has 3 aromatic rings. The Balaban J connectivity index is 1.43. The molecular weight excluding hydrogens is 439 g/mol. The number of likely N-dealkylation sites (N-methyl/N-ethyl adjacent to an activating group) is 1. The van der Waals surface area contributed by atoms with Gasteiger partial charge in [0.05, 0.1) is 25.4 Å². The maximum Gasteiger partial charge on any atom is 0.322 e. The predicted molar refractivity (Wildman–Crippen MR) is 121 cm³/mol. The lowest BCUT2D eigenvalue weighted by Gasteiger charge is -2.33. The number of halogens is 1. The number of nitrogens with one attached hydrogen (secondary N) is 2. The highest BCUT2D eigenvalue weighted by Crippen LogP contribution is 2.31. The lowest BCUT2D eigenvalue weighted by atomic mass is 9.99. The van der Waals surface area contributed by atoms with Gasteiger partial charge >= 0.3 is 6.03 Å². The van der Waals surface area contributed by atoms with E-state index in [2.05, 4.69) is 20.4 Å². The van der Waals surface area contributed by atoms with Crippen molar-refractivity contribution in [3.05, 3.63) is 70.3 Å². The molecule has 5 rings (SSSR count). The maximum atomic E-state index is 13.6. The number of rotatable bonds is 2. The standard InChI is InChI=1S/C23H23FN8O2/c1-13-8-19-16(12-31(13)23(34)27-15-4-5-17(24)20(9-15)25-2)21-22(33)30(3)10-14(11-32(21)29-19)18-6-7-26-28-18/h4-7,9,13-14H,8,10-12H2,1,3H3,(H,26,28)(H,27,34)/t13-,14-/m1/s1. The van der Waals surface area contributed by atoms with Crippen molar-refractivity contribution in [2.24, 2.45) is 0 Å². The number of aromatic amines is 1. The minimum Gasteiger partial charge on any atom is -0.340 e. The van der Waals surface area contributed by atoms with Crippen LogP contribution >= 0.6 is 0 Å². The summed E-state index contributed by atoms with van der Waals surface area (Å²) in [5, 5.41) is 14.5. The fourth-order valence-electron chi connectivity index (χ4n) is 4.66. The summed E-state index contributed by atoms with van der Waals surface area (Å²) < 4.78 is 15.4. The first-order valence-electron chi connectivity index (χ1n) is 10.9. The minimum absolute atomic E-state index is 0.0194. The SMILES string of the molecule is [C-]#[N+]c1cc(NC(=O)N2Cc3c(nn4c3C(=O)N(C)C[C@@H](c3ccn[nH]3)C4)C[C@H]2C)ccc1F. The van der Waals surface area contributed by atoms with Crippen LogP contribution in [-0.4, -0.2) is 61.4 Å². The summed E-state index contributed by atoms with van der Waals surface area (Å²) in [6, 6.07) is 5.24. The molecule has 34 heavy (non-hydrogen) atoms. The summed E-state index contributed by atoms with van der Waals surface area (Å²) in [4.78, 5) is 32.8. The molecule has 0 radical (unpaired) electrons. The second-order valence-electron chi connectivity index (χ2n) is 8.74. The van der Waals surface area contributed by atoms with Gasteiger partial charge in [-0.25, -0.2) is 14.0 Å². The van der Waals surface area contributed by atoms with Crippen molar-refractivity contribution in [3.8, 4) is 0 Å². The third-order valence-corrected chi connectivity index (χ3v) is 6.46. The number of hydrogen-bond donors (Lipinski definition) is 2. The number of urea groups is 1. The highest BCUT2D eigenvalue weighted by molar-refractivity contribution is 5.95. The molecule has 4 heterocycles. The van der Waals surface area contributed by atoms with Gasteiger partial charge in [-0.1, -0.05) is 0 Å². The molecule has 2 N–H and O–H groups in total. The fourth-order valence-corrected chi connectivity index (χ4v) is 4.66. The van der Waals surface area contributed by atoms with Crippen molar-refractivity contribution in [3.63, 3.8) is 0 Å². The first-order valence-corrected chi connectivity index (χ1v) is 10.9. The highest BCUT2D eigenvalue weighted by atomic mass is 19.1. The van der Waals surface area contributed by atoms with Crippen molar-refractivity contribution >= 4 is 23.3 Å². The number of nitrogens with zero attached hydrogens (tertiary/aromatic N) is 6. The van der Waals surface area contributed by atoms with E-state index < -0.39 is 5.82 Å². The third kappa shape index (κ3) is 3.67. The molecule has 1 aromatic carbocycles. The zero-order valence-corrected chi connectivity index (χ0v) is 18.7. The van der Waals surface area contributed by atoms with Crippen LogP contribution in [-0.2, 0) is 19.5 Å². The van der Waals surface area contributed by atoms with E-state index in [1.54, 1.807) is 27.7 Å². The minimum atomic E-state index is -0.636. The molecule has 11 heteroatoms. The second kappa shape index (κ2) is 8.30. The fraction of sp³-hybridized carbons (Fsp3) is 0.348. The van der Waals surface area contributed by atoms with Gasteiger partial charge in [0.25, 0.3) is 5.91 Å².